The first-order valence-corrected chi connectivity index (χ1v) is 43.7. The number of aliphatic carboxylic acids is 1. The average molecular weight is 1760 g/mol. The summed E-state index contributed by atoms with van der Waals surface area (Å²) in [6, 6.07) is 43.5. The van der Waals surface area contributed by atoms with Gasteiger partial charge in [0.1, 0.15) is 82.3 Å². The lowest BCUT2D eigenvalue weighted by molar-refractivity contribution is -0.139. The smallest absolute Gasteiger partial charge is 0.341 e. The quantitative estimate of drug-likeness (QED) is 0.0182. The van der Waals surface area contributed by atoms with E-state index < -0.39 is 77.8 Å². The van der Waals surface area contributed by atoms with Crippen molar-refractivity contribution in [1.82, 2.24) is 84.8 Å². The summed E-state index contributed by atoms with van der Waals surface area (Å²) >= 11 is 0. The number of carboxylic acid groups (broad SMARTS) is 1. The van der Waals surface area contributed by atoms with Gasteiger partial charge in [0.05, 0.1) is 71.5 Å². The van der Waals surface area contributed by atoms with Crippen molar-refractivity contribution in [2.24, 2.45) is 5.73 Å². The highest BCUT2D eigenvalue weighted by Gasteiger charge is 2.48. The fourth-order valence-corrected chi connectivity index (χ4v) is 18.0. The third kappa shape index (κ3) is 20.5. The molecule has 6 fully saturated rings. The molecule has 2 saturated carbocycles. The minimum absolute atomic E-state index is 0.00781. The number of hydrogen-bond acceptors (Lipinski definition) is 29. The van der Waals surface area contributed by atoms with Gasteiger partial charge in [-0.2, -0.15) is 10.2 Å². The van der Waals surface area contributed by atoms with Crippen LogP contribution in [0.5, 0.6) is 34.5 Å². The van der Waals surface area contributed by atoms with Gasteiger partial charge in [-0.1, -0.05) is 48.5 Å². The Bertz CT molecular complexity index is 5750. The lowest BCUT2D eigenvalue weighted by Gasteiger charge is -2.42. The number of imide groups is 4. The SMILES string of the molecule is NCCOCCN1CCN(C2CCC(n3nc(-c4ccc(Oc5ccccc5)cc4)c4c(N)ncnc43)CC2)CC1.Nc1ncnc2c1c(-c1ccc(Oc3ccccc3)cc1)nn2C1CCC(N2CCN(CCOCCNC(=O)COc3cccc4c3C(=O)N(C3CCC(=O)NC3=O)C4=O)CC2)CC1.O=C(O)COc1cccc2c1C(=O)N(C1CCC(=O)NC1=O)C2=O. The summed E-state index contributed by atoms with van der Waals surface area (Å²) in [4.78, 5) is 152. The van der Waals surface area contributed by atoms with E-state index in [0.29, 0.717) is 56.1 Å². The number of piperidine rings is 2. The number of nitrogen functional groups attached to an aromatic ring is 2. The molecule has 37 heteroatoms. The zero-order valence-electron chi connectivity index (χ0n) is 71.2. The number of carbonyl (C=O) groups excluding carboxylic acids is 9. The second kappa shape index (κ2) is 41.0. The number of nitrogens with two attached hydrogens (primary N) is 3. The number of aromatic nitrogens is 8. The van der Waals surface area contributed by atoms with Gasteiger partial charge in [-0.3, -0.25) is 83.2 Å². The van der Waals surface area contributed by atoms with Gasteiger partial charge < -0.3 is 56.0 Å². The summed E-state index contributed by atoms with van der Waals surface area (Å²) in [5.41, 5.74) is 23.4. The maximum Gasteiger partial charge on any atom is 0.341 e. The van der Waals surface area contributed by atoms with E-state index in [1.165, 1.54) is 36.7 Å². The second-order valence-corrected chi connectivity index (χ2v) is 32.6. The van der Waals surface area contributed by atoms with E-state index in [1.807, 2.05) is 109 Å². The third-order valence-corrected chi connectivity index (χ3v) is 24.6. The monoisotopic (exact) mass is 1760 g/mol. The van der Waals surface area contributed by atoms with Crippen molar-refractivity contribution in [3.05, 3.63) is 181 Å². The minimum Gasteiger partial charge on any atom is -0.483 e. The Balaban J connectivity index is 0.000000159. The molecule has 8 aliphatic rings. The highest BCUT2D eigenvalue weighted by Crippen LogP contribution is 2.42. The van der Waals surface area contributed by atoms with Crippen molar-refractivity contribution in [1.29, 1.82) is 0 Å². The summed E-state index contributed by atoms with van der Waals surface area (Å²) in [5.74, 6) is -2.75. The van der Waals surface area contributed by atoms with Crippen LogP contribution in [0.1, 0.15) is 131 Å². The van der Waals surface area contributed by atoms with E-state index in [4.69, 9.17) is 60.9 Å². The second-order valence-electron chi connectivity index (χ2n) is 32.6. The van der Waals surface area contributed by atoms with Gasteiger partial charge in [-0.05, 0) is 161 Å². The number of amides is 9. The maximum absolute atomic E-state index is 13.3. The van der Waals surface area contributed by atoms with E-state index in [-0.39, 0.29) is 78.6 Å². The number of benzene rings is 6. The Morgan fingerprint density at radius 3 is 1.26 bits per heavy atom. The molecule has 129 heavy (non-hydrogen) atoms. The van der Waals surface area contributed by atoms with Gasteiger partial charge in [-0.25, -0.2) is 34.1 Å². The van der Waals surface area contributed by atoms with Crippen molar-refractivity contribution in [3.8, 4) is 57.0 Å². The number of carboxylic acids is 1. The van der Waals surface area contributed by atoms with Crippen LogP contribution in [-0.2, 0) is 38.2 Å². The third-order valence-electron chi connectivity index (χ3n) is 24.6. The predicted molar refractivity (Wildman–Crippen MR) is 471 cm³/mol. The summed E-state index contributed by atoms with van der Waals surface area (Å²) in [6.45, 7) is 12.2. The molecule has 2 unspecified atom stereocenters. The fourth-order valence-electron chi connectivity index (χ4n) is 18.0. The molecular weight excluding hydrogens is 1660 g/mol. The van der Waals surface area contributed by atoms with Crippen LogP contribution in [0.3, 0.4) is 0 Å². The minimum atomic E-state index is -1.23. The van der Waals surface area contributed by atoms with Gasteiger partial charge in [0.25, 0.3) is 29.5 Å². The Morgan fingerprint density at radius 1 is 0.442 bits per heavy atom. The van der Waals surface area contributed by atoms with E-state index in [9.17, 15) is 47.9 Å². The van der Waals surface area contributed by atoms with E-state index >= 15 is 0 Å². The average Bonchev–Trinajstić information content (AvgIpc) is 1.62. The Kier molecular flexibility index (Phi) is 28.3. The first kappa shape index (κ1) is 88.9. The molecule has 0 bridgehead atoms. The lowest BCUT2D eigenvalue weighted by Crippen LogP contribution is -2.54. The van der Waals surface area contributed by atoms with Crippen molar-refractivity contribution >= 4 is 92.8 Å². The van der Waals surface area contributed by atoms with Crippen LogP contribution >= 0.6 is 0 Å². The van der Waals surface area contributed by atoms with E-state index in [0.717, 1.165) is 201 Å². The van der Waals surface area contributed by atoms with E-state index in [1.54, 1.807) is 12.4 Å². The summed E-state index contributed by atoms with van der Waals surface area (Å²) < 4.78 is 38.3. The Morgan fingerprint density at radius 2 is 0.845 bits per heavy atom. The molecule has 10 heterocycles. The van der Waals surface area contributed by atoms with Crippen LogP contribution in [-0.4, -0.2) is 275 Å². The van der Waals surface area contributed by atoms with Crippen molar-refractivity contribution in [3.63, 3.8) is 0 Å². The number of anilines is 2. The first-order valence-electron chi connectivity index (χ1n) is 43.7. The molecule has 10 N–H and O–H groups in total. The molecule has 18 rings (SSSR count). The molecule has 2 aliphatic carbocycles. The van der Waals surface area contributed by atoms with Gasteiger partial charge >= 0.3 is 5.97 Å². The predicted octanol–water partition coefficient (Wildman–Crippen LogP) is 7.08. The molecule has 4 aromatic heterocycles. The Labute approximate surface area is 741 Å². The van der Waals surface area contributed by atoms with Crippen molar-refractivity contribution < 1.29 is 81.5 Å². The lowest BCUT2D eigenvalue weighted by atomic mass is 9.90. The molecular formula is C92H102N20O17. The number of ether oxygens (including phenoxy) is 6. The zero-order valence-corrected chi connectivity index (χ0v) is 71.2. The molecule has 6 aromatic carbocycles. The standard InChI is InChI=1S/C46H50N10O8.C31H40N8O2.C15H12N2O7/c47-42-40-41(29-9-15-33(16-10-29)64-32-5-2-1-3-6-32)52-56(43(40)50-28-49-42)31-13-11-30(12-14-31)54-22-20-53(21-23-54)24-26-62-25-19-48-38(58)27-63-36-8-4-7-34-39(36)46(61)55(45(34)60)35-17-18-37(57)51-44(35)59;32-14-20-40-21-19-37-15-17-38(18-16-37)24-8-10-25(11-9-24)39-31-28(30(33)34-22-35-31)29(36-39)23-6-12-27(13-7-23)41-26-4-2-1-3-5-26;18-10-5-4-8(13(21)16-10)17-14(22)7-2-1-3-9(12(7)15(17)23)24-6-11(19)20/h1-10,15-16,28,30-31,35H,11-14,17-27H2,(H,48,58)(H2,47,49,50)(H,51,57,59);1-7,12-13,22,24-25H,8-11,14-21,32H2,(H2,33,34,35);1-3,8H,4-6H2,(H,19,20)(H,16,18,21). The van der Waals surface area contributed by atoms with Gasteiger partial charge in [-0.15, -0.1) is 0 Å². The highest BCUT2D eigenvalue weighted by atomic mass is 16.5. The number of para-hydroxylation sites is 2. The molecule has 0 radical (unpaired) electrons. The topological polar surface area (TPSA) is 467 Å². The summed E-state index contributed by atoms with van der Waals surface area (Å²) in [6.07, 6.45) is 11.8. The van der Waals surface area contributed by atoms with Crippen molar-refractivity contribution in [2.75, 3.05) is 130 Å². The van der Waals surface area contributed by atoms with Gasteiger partial charge in [0, 0.05) is 115 Å². The fraction of sp³-hybridized carbons (Fsp3) is 0.391. The molecule has 37 nitrogen and oxygen atoms in total. The summed E-state index contributed by atoms with van der Waals surface area (Å²) in [7, 11) is 0. The normalized spacial score (nSPS) is 20.4. The molecule has 10 aromatic rings. The number of piperazine rings is 2. The number of nitrogens with zero attached hydrogens (tertiary/aromatic N) is 14. The Hall–Kier alpha value is -13.6. The zero-order chi connectivity index (χ0) is 89.6. The number of fused-ring (bicyclic) bond motifs is 4. The van der Waals surface area contributed by atoms with Gasteiger partial charge in [0.2, 0.25) is 23.6 Å². The van der Waals surface area contributed by atoms with Crippen LogP contribution in [0.2, 0.25) is 0 Å². The molecule has 4 saturated heterocycles. The molecule has 6 aliphatic heterocycles. The summed E-state index contributed by atoms with van der Waals surface area (Å²) in [5, 5.41) is 27.5. The van der Waals surface area contributed by atoms with Crippen LogP contribution in [0.15, 0.2) is 158 Å². The number of nitrogens with one attached hydrogen (secondary N) is 3. The molecule has 9 amide bonds. The molecule has 0 spiro atoms. The van der Waals surface area contributed by atoms with Gasteiger partial charge in [0.15, 0.2) is 24.5 Å². The van der Waals surface area contributed by atoms with Crippen LogP contribution in [0, 0.1) is 0 Å². The van der Waals surface area contributed by atoms with Crippen LogP contribution in [0.4, 0.5) is 11.6 Å². The highest BCUT2D eigenvalue weighted by molar-refractivity contribution is 6.25. The first-order chi connectivity index (χ1) is 62.8. The largest absolute Gasteiger partial charge is 0.483 e. The number of hydrogen-bond donors (Lipinski definition) is 7. The molecule has 2 atom stereocenters. The molecule has 672 valence electrons. The van der Waals surface area contributed by atoms with E-state index in [2.05, 4.69) is 64.8 Å². The maximum atomic E-state index is 13.3. The van der Waals surface area contributed by atoms with Crippen LogP contribution < -0.4 is 52.1 Å². The number of rotatable bonds is 29. The van der Waals surface area contributed by atoms with Crippen LogP contribution in [0.25, 0.3) is 44.6 Å². The van der Waals surface area contributed by atoms with Crippen molar-refractivity contribution in [2.45, 2.75) is 113 Å². The number of carbonyl (C=O) groups is 10.